The van der Waals surface area contributed by atoms with E-state index in [4.69, 9.17) is 4.98 Å². The molecule has 1 saturated heterocycles. The summed E-state index contributed by atoms with van der Waals surface area (Å²) in [5, 5.41) is 6.11. The van der Waals surface area contributed by atoms with E-state index in [9.17, 15) is 9.18 Å². The second-order valence-electron chi connectivity index (χ2n) is 7.26. The monoisotopic (exact) mass is 410 g/mol. The number of hydrogen-bond acceptors (Lipinski definition) is 6. The van der Waals surface area contributed by atoms with Crippen LogP contribution in [0, 0.1) is 12.7 Å². The Kier molecular flexibility index (Phi) is 4.48. The van der Waals surface area contributed by atoms with Gasteiger partial charge < -0.3 is 15.0 Å². The van der Waals surface area contributed by atoms with Crippen molar-refractivity contribution in [2.24, 2.45) is 0 Å². The van der Waals surface area contributed by atoms with Crippen molar-refractivity contribution in [1.82, 2.24) is 24.7 Å². The third kappa shape index (κ3) is 3.47. The molecule has 1 fully saturated rings. The number of aryl methyl sites for hydroxylation is 1. The summed E-state index contributed by atoms with van der Waals surface area (Å²) in [6, 6.07) is 3.00. The average molecular weight is 410 g/mol. The second kappa shape index (κ2) is 7.16. The Balaban J connectivity index is 1.40. The van der Waals surface area contributed by atoms with Gasteiger partial charge in [0.05, 0.1) is 22.0 Å². The average Bonchev–Trinajstić information content (AvgIpc) is 3.31. The Bertz CT molecular complexity index is 1230. The van der Waals surface area contributed by atoms with Crippen molar-refractivity contribution < 1.29 is 9.18 Å². The molecule has 0 saturated carbocycles. The molecule has 29 heavy (non-hydrogen) atoms. The van der Waals surface area contributed by atoms with Gasteiger partial charge in [0.1, 0.15) is 10.3 Å². The van der Waals surface area contributed by atoms with E-state index in [1.807, 2.05) is 6.20 Å². The van der Waals surface area contributed by atoms with E-state index < -0.39 is 5.82 Å². The normalized spacial score (nSPS) is 15.2. The summed E-state index contributed by atoms with van der Waals surface area (Å²) in [5.41, 5.74) is 2.99. The molecule has 5 rings (SSSR count). The number of amides is 1. The van der Waals surface area contributed by atoms with E-state index in [1.54, 1.807) is 29.8 Å². The molecule has 4 aromatic rings. The van der Waals surface area contributed by atoms with E-state index in [0.29, 0.717) is 27.7 Å². The fraction of sp³-hybridized carbons (Fsp3) is 0.300. The number of nitrogens with zero attached hydrogens (tertiary/aromatic N) is 4. The van der Waals surface area contributed by atoms with Gasteiger partial charge in [-0.05, 0) is 38.9 Å². The van der Waals surface area contributed by atoms with Crippen molar-refractivity contribution in [1.29, 1.82) is 0 Å². The molecule has 4 aromatic heterocycles. The van der Waals surface area contributed by atoms with Crippen LogP contribution in [0.15, 0.2) is 30.7 Å². The Hall–Kier alpha value is -2.91. The Labute approximate surface area is 170 Å². The summed E-state index contributed by atoms with van der Waals surface area (Å²) in [6.45, 7) is 3.76. The van der Waals surface area contributed by atoms with Crippen LogP contribution < -0.4 is 10.6 Å². The van der Waals surface area contributed by atoms with Crippen molar-refractivity contribution in [2.75, 3.05) is 18.4 Å². The summed E-state index contributed by atoms with van der Waals surface area (Å²) < 4.78 is 15.8. The van der Waals surface area contributed by atoms with Gasteiger partial charge in [-0.1, -0.05) is 0 Å². The number of halogens is 1. The predicted molar refractivity (Wildman–Crippen MR) is 110 cm³/mol. The van der Waals surface area contributed by atoms with Crippen molar-refractivity contribution in [3.8, 4) is 0 Å². The molecular formula is C20H19FN6OS. The number of rotatable bonds is 3. The minimum Gasteiger partial charge on any atom is -0.320 e. The zero-order chi connectivity index (χ0) is 20.0. The van der Waals surface area contributed by atoms with E-state index in [0.717, 1.165) is 36.5 Å². The van der Waals surface area contributed by atoms with Crippen LogP contribution in [0.5, 0.6) is 0 Å². The van der Waals surface area contributed by atoms with Crippen LogP contribution in [0.1, 0.15) is 39.8 Å². The van der Waals surface area contributed by atoms with Crippen molar-refractivity contribution in [3.63, 3.8) is 0 Å². The number of imidazole rings is 1. The molecule has 1 aliphatic heterocycles. The number of carbonyl (C=O) groups excluding carboxylic acids is 1. The van der Waals surface area contributed by atoms with Crippen LogP contribution in [0.25, 0.3) is 16.0 Å². The number of hydrogen-bond donors (Lipinski definition) is 2. The van der Waals surface area contributed by atoms with Gasteiger partial charge in [-0.15, -0.1) is 11.3 Å². The lowest BCUT2D eigenvalue weighted by molar-refractivity contribution is 0.103. The molecule has 0 atom stereocenters. The first-order valence-corrected chi connectivity index (χ1v) is 10.3. The molecule has 2 N–H and O–H groups in total. The molecular weight excluding hydrogens is 391 g/mol. The molecule has 0 aliphatic carbocycles. The molecule has 0 unspecified atom stereocenters. The van der Waals surface area contributed by atoms with Crippen LogP contribution in [0.4, 0.5) is 10.1 Å². The SMILES string of the molecule is Cc1cn2cc(NC(=O)c3cc4ncc(C5CCNCC5)nc4s3)cc(F)c2n1. The Morgan fingerprint density at radius 2 is 2.10 bits per heavy atom. The Morgan fingerprint density at radius 1 is 1.28 bits per heavy atom. The minimum atomic E-state index is -0.484. The highest BCUT2D eigenvalue weighted by atomic mass is 32.1. The molecule has 148 valence electrons. The second-order valence-corrected chi connectivity index (χ2v) is 8.29. The highest BCUT2D eigenvalue weighted by Crippen LogP contribution is 2.28. The van der Waals surface area contributed by atoms with E-state index >= 15 is 0 Å². The van der Waals surface area contributed by atoms with Gasteiger partial charge in [0, 0.05) is 30.6 Å². The lowest BCUT2D eigenvalue weighted by atomic mass is 9.95. The van der Waals surface area contributed by atoms with Gasteiger partial charge in [0.25, 0.3) is 5.91 Å². The number of pyridine rings is 1. The van der Waals surface area contributed by atoms with E-state index in [1.165, 1.54) is 17.4 Å². The first kappa shape index (κ1) is 18.1. The third-order valence-electron chi connectivity index (χ3n) is 5.13. The molecule has 0 bridgehead atoms. The third-order valence-corrected chi connectivity index (χ3v) is 6.14. The molecule has 0 aromatic carbocycles. The molecule has 1 amide bonds. The summed E-state index contributed by atoms with van der Waals surface area (Å²) in [7, 11) is 0. The largest absolute Gasteiger partial charge is 0.320 e. The molecule has 7 nitrogen and oxygen atoms in total. The van der Waals surface area contributed by atoms with Gasteiger partial charge in [-0.25, -0.2) is 14.4 Å². The summed E-state index contributed by atoms with van der Waals surface area (Å²) in [6.07, 6.45) is 7.26. The number of carbonyl (C=O) groups is 1. The fourth-order valence-corrected chi connectivity index (χ4v) is 4.58. The topological polar surface area (TPSA) is 84.2 Å². The van der Waals surface area contributed by atoms with Crippen molar-refractivity contribution in [3.05, 3.63) is 52.8 Å². The van der Waals surface area contributed by atoms with Gasteiger partial charge in [-0.3, -0.25) is 9.78 Å². The van der Waals surface area contributed by atoms with Crippen LogP contribution in [-0.4, -0.2) is 38.3 Å². The summed E-state index contributed by atoms with van der Waals surface area (Å²) in [4.78, 5) is 27.3. The standard InChI is InChI=1S/C20H19FN6OS/c1-11-9-27-10-13(6-14(21)18(27)24-11)25-19(28)17-7-15-20(29-17)26-16(8-23-15)12-2-4-22-5-3-12/h6-10,12,22H,2-5H2,1H3,(H,25,28). The maximum atomic E-state index is 14.2. The summed E-state index contributed by atoms with van der Waals surface area (Å²) >= 11 is 1.30. The zero-order valence-corrected chi connectivity index (χ0v) is 16.6. The van der Waals surface area contributed by atoms with E-state index in [2.05, 4.69) is 20.6 Å². The fourth-order valence-electron chi connectivity index (χ4n) is 3.69. The van der Waals surface area contributed by atoms with Crippen molar-refractivity contribution in [2.45, 2.75) is 25.7 Å². The maximum Gasteiger partial charge on any atom is 0.265 e. The number of piperidine rings is 1. The molecule has 9 heteroatoms. The number of fused-ring (bicyclic) bond motifs is 2. The molecule has 0 spiro atoms. The van der Waals surface area contributed by atoms with Crippen LogP contribution in [0.3, 0.4) is 0 Å². The van der Waals surface area contributed by atoms with Crippen LogP contribution in [-0.2, 0) is 0 Å². The smallest absolute Gasteiger partial charge is 0.265 e. The zero-order valence-electron chi connectivity index (χ0n) is 15.8. The number of nitrogens with one attached hydrogen (secondary N) is 2. The summed E-state index contributed by atoms with van der Waals surface area (Å²) in [5.74, 6) is -0.392. The van der Waals surface area contributed by atoms with Crippen molar-refractivity contribution >= 4 is 38.9 Å². The highest BCUT2D eigenvalue weighted by molar-refractivity contribution is 7.20. The molecule has 5 heterocycles. The quantitative estimate of drug-likeness (QED) is 0.540. The minimum absolute atomic E-state index is 0.237. The lowest BCUT2D eigenvalue weighted by Gasteiger charge is -2.21. The lowest BCUT2D eigenvalue weighted by Crippen LogP contribution is -2.27. The van der Waals surface area contributed by atoms with Crippen LogP contribution in [0.2, 0.25) is 0 Å². The number of thiophene rings is 1. The number of anilines is 1. The predicted octanol–water partition coefficient (Wildman–Crippen LogP) is 3.51. The van der Waals surface area contributed by atoms with Gasteiger partial charge in [0.2, 0.25) is 0 Å². The van der Waals surface area contributed by atoms with Gasteiger partial charge >= 0.3 is 0 Å². The first-order valence-electron chi connectivity index (χ1n) is 9.50. The van der Waals surface area contributed by atoms with Gasteiger partial charge in [-0.2, -0.15) is 0 Å². The van der Waals surface area contributed by atoms with Gasteiger partial charge in [0.15, 0.2) is 11.5 Å². The highest BCUT2D eigenvalue weighted by Gasteiger charge is 2.19. The maximum absolute atomic E-state index is 14.2. The Morgan fingerprint density at radius 3 is 2.93 bits per heavy atom. The number of aromatic nitrogens is 4. The van der Waals surface area contributed by atoms with Crippen LogP contribution >= 0.6 is 11.3 Å². The van der Waals surface area contributed by atoms with E-state index in [-0.39, 0.29) is 11.6 Å². The molecule has 0 radical (unpaired) electrons. The first-order chi connectivity index (χ1) is 14.1. The molecule has 1 aliphatic rings.